The highest BCUT2D eigenvalue weighted by Crippen LogP contribution is 2.19. The summed E-state index contributed by atoms with van der Waals surface area (Å²) in [6.07, 6.45) is 0. The lowest BCUT2D eigenvalue weighted by molar-refractivity contribution is -0.139. The van der Waals surface area contributed by atoms with E-state index >= 15 is 0 Å². The third-order valence-corrected chi connectivity index (χ3v) is 3.97. The van der Waals surface area contributed by atoms with E-state index in [0.717, 1.165) is 11.5 Å². The maximum absolute atomic E-state index is 11.4. The molecule has 0 saturated carbocycles. The number of thioether (sulfide) groups is 1. The molecule has 0 aliphatic carbocycles. The second-order valence-electron chi connectivity index (χ2n) is 4.52. The molecule has 0 fully saturated rings. The van der Waals surface area contributed by atoms with Crippen molar-refractivity contribution in [2.45, 2.75) is 18.7 Å². The van der Waals surface area contributed by atoms with Crippen molar-refractivity contribution in [2.75, 3.05) is 19.5 Å². The van der Waals surface area contributed by atoms with Gasteiger partial charge >= 0.3 is 5.97 Å². The third-order valence-electron chi connectivity index (χ3n) is 2.98. The van der Waals surface area contributed by atoms with Gasteiger partial charge in [-0.05, 0) is 31.2 Å². The van der Waals surface area contributed by atoms with Crippen LogP contribution in [0.3, 0.4) is 0 Å². The predicted molar refractivity (Wildman–Crippen MR) is 85.7 cm³/mol. The van der Waals surface area contributed by atoms with Crippen LogP contribution in [0, 0.1) is 0 Å². The summed E-state index contributed by atoms with van der Waals surface area (Å²) in [4.78, 5) is 11.4. The van der Waals surface area contributed by atoms with Gasteiger partial charge in [0.05, 0.1) is 19.5 Å². The highest BCUT2D eigenvalue weighted by Gasteiger charge is 2.12. The summed E-state index contributed by atoms with van der Waals surface area (Å²) >= 11 is 1.29. The molecule has 0 spiro atoms. The van der Waals surface area contributed by atoms with Gasteiger partial charge in [0.1, 0.15) is 18.1 Å². The van der Waals surface area contributed by atoms with Gasteiger partial charge in [0.2, 0.25) is 0 Å². The lowest BCUT2D eigenvalue weighted by Gasteiger charge is -2.07. The van der Waals surface area contributed by atoms with Crippen LogP contribution >= 0.6 is 11.8 Å². The zero-order valence-electron chi connectivity index (χ0n) is 13.3. The Morgan fingerprint density at radius 1 is 1.22 bits per heavy atom. The molecule has 7 nitrogen and oxygen atoms in total. The minimum absolute atomic E-state index is 0.207. The standard InChI is InChI=1S/C15H19N3O4S/c1-4-21-14(19)10-23-15-17-16-13(18(15)2)9-22-12-7-5-11(20-3)6-8-12/h5-8H,4,9-10H2,1-3H3. The fourth-order valence-corrected chi connectivity index (χ4v) is 2.47. The molecular weight excluding hydrogens is 318 g/mol. The molecule has 0 unspecified atom stereocenters. The second-order valence-corrected chi connectivity index (χ2v) is 5.46. The average molecular weight is 337 g/mol. The van der Waals surface area contributed by atoms with Gasteiger partial charge in [-0.2, -0.15) is 0 Å². The van der Waals surface area contributed by atoms with Gasteiger partial charge in [0.25, 0.3) is 0 Å². The summed E-state index contributed by atoms with van der Waals surface area (Å²) < 4.78 is 17.4. The van der Waals surface area contributed by atoms with Crippen LogP contribution in [0.5, 0.6) is 11.5 Å². The molecule has 2 rings (SSSR count). The first kappa shape index (κ1) is 17.1. The molecule has 2 aromatic rings. The average Bonchev–Trinajstić information content (AvgIpc) is 2.92. The number of methoxy groups -OCH3 is 1. The Kier molecular flexibility index (Phi) is 6.28. The molecule has 124 valence electrons. The Morgan fingerprint density at radius 3 is 2.57 bits per heavy atom. The fourth-order valence-electron chi connectivity index (χ4n) is 1.74. The molecule has 0 atom stereocenters. The number of hydrogen-bond acceptors (Lipinski definition) is 7. The number of hydrogen-bond donors (Lipinski definition) is 0. The van der Waals surface area contributed by atoms with E-state index in [1.165, 1.54) is 11.8 Å². The summed E-state index contributed by atoms with van der Waals surface area (Å²) in [6, 6.07) is 7.30. The van der Waals surface area contributed by atoms with E-state index in [0.29, 0.717) is 17.6 Å². The number of aromatic nitrogens is 3. The molecule has 0 aliphatic rings. The first-order chi connectivity index (χ1) is 11.1. The third kappa shape index (κ3) is 4.88. The summed E-state index contributed by atoms with van der Waals surface area (Å²) in [5.74, 6) is 2.10. The topological polar surface area (TPSA) is 75.5 Å². The maximum Gasteiger partial charge on any atom is 0.316 e. The zero-order valence-corrected chi connectivity index (χ0v) is 14.1. The molecule has 0 saturated heterocycles. The van der Waals surface area contributed by atoms with Gasteiger partial charge in [0.15, 0.2) is 11.0 Å². The molecule has 8 heteroatoms. The van der Waals surface area contributed by atoms with Crippen LogP contribution in [-0.4, -0.2) is 40.2 Å². The summed E-state index contributed by atoms with van der Waals surface area (Å²) in [5.41, 5.74) is 0. The Morgan fingerprint density at radius 2 is 1.91 bits per heavy atom. The van der Waals surface area contributed by atoms with E-state index in [1.54, 1.807) is 18.6 Å². The van der Waals surface area contributed by atoms with E-state index in [1.807, 2.05) is 31.3 Å². The Labute approximate surface area is 138 Å². The summed E-state index contributed by atoms with van der Waals surface area (Å²) in [6.45, 7) is 2.44. The Bertz CT molecular complexity index is 643. The number of carbonyl (C=O) groups is 1. The number of nitrogens with zero attached hydrogens (tertiary/aromatic N) is 3. The van der Waals surface area contributed by atoms with Crippen molar-refractivity contribution in [1.29, 1.82) is 0 Å². The first-order valence-electron chi connectivity index (χ1n) is 7.07. The summed E-state index contributed by atoms with van der Waals surface area (Å²) in [7, 11) is 3.45. The lowest BCUT2D eigenvalue weighted by atomic mass is 10.3. The van der Waals surface area contributed by atoms with Crippen LogP contribution in [0.25, 0.3) is 0 Å². The number of carbonyl (C=O) groups excluding carboxylic acids is 1. The largest absolute Gasteiger partial charge is 0.497 e. The Balaban J connectivity index is 1.89. The van der Waals surface area contributed by atoms with Gasteiger partial charge in [-0.3, -0.25) is 4.79 Å². The van der Waals surface area contributed by atoms with Crippen LogP contribution in [0.15, 0.2) is 29.4 Å². The zero-order chi connectivity index (χ0) is 16.7. The van der Waals surface area contributed by atoms with Crippen molar-refractivity contribution in [3.05, 3.63) is 30.1 Å². The highest BCUT2D eigenvalue weighted by molar-refractivity contribution is 7.99. The van der Waals surface area contributed by atoms with E-state index in [-0.39, 0.29) is 18.3 Å². The van der Waals surface area contributed by atoms with Crippen molar-refractivity contribution >= 4 is 17.7 Å². The van der Waals surface area contributed by atoms with E-state index in [2.05, 4.69) is 10.2 Å². The molecule has 1 heterocycles. The number of ether oxygens (including phenoxy) is 3. The van der Waals surface area contributed by atoms with E-state index in [4.69, 9.17) is 14.2 Å². The van der Waals surface area contributed by atoms with Crippen molar-refractivity contribution in [3.8, 4) is 11.5 Å². The minimum atomic E-state index is -0.267. The maximum atomic E-state index is 11.4. The second kappa shape index (κ2) is 8.42. The van der Waals surface area contributed by atoms with Crippen molar-refractivity contribution in [1.82, 2.24) is 14.8 Å². The van der Waals surface area contributed by atoms with Crippen molar-refractivity contribution in [3.63, 3.8) is 0 Å². The smallest absolute Gasteiger partial charge is 0.316 e. The minimum Gasteiger partial charge on any atom is -0.497 e. The van der Waals surface area contributed by atoms with Crippen LogP contribution in [-0.2, 0) is 23.2 Å². The Hall–Kier alpha value is -2.22. The number of rotatable bonds is 8. The molecule has 0 radical (unpaired) electrons. The molecule has 1 aromatic carbocycles. The highest BCUT2D eigenvalue weighted by atomic mass is 32.2. The molecule has 0 aliphatic heterocycles. The molecule has 0 N–H and O–H groups in total. The van der Waals surface area contributed by atoms with Gasteiger partial charge < -0.3 is 18.8 Å². The van der Waals surface area contributed by atoms with Crippen LogP contribution in [0.4, 0.5) is 0 Å². The predicted octanol–water partition coefficient (Wildman–Crippen LogP) is 2.06. The van der Waals surface area contributed by atoms with Gasteiger partial charge in [-0.1, -0.05) is 11.8 Å². The van der Waals surface area contributed by atoms with Crippen molar-refractivity contribution < 1.29 is 19.0 Å². The number of benzene rings is 1. The van der Waals surface area contributed by atoms with Crippen molar-refractivity contribution in [2.24, 2.45) is 7.05 Å². The molecule has 1 aromatic heterocycles. The van der Waals surface area contributed by atoms with E-state index < -0.39 is 0 Å². The fraction of sp³-hybridized carbons (Fsp3) is 0.400. The first-order valence-corrected chi connectivity index (χ1v) is 8.06. The molecule has 0 amide bonds. The van der Waals surface area contributed by atoms with Crippen LogP contribution in [0.2, 0.25) is 0 Å². The lowest BCUT2D eigenvalue weighted by Crippen LogP contribution is -2.08. The van der Waals surface area contributed by atoms with Crippen LogP contribution in [0.1, 0.15) is 12.7 Å². The van der Waals surface area contributed by atoms with Gasteiger partial charge in [-0.25, -0.2) is 0 Å². The van der Waals surface area contributed by atoms with Gasteiger partial charge in [0, 0.05) is 7.05 Å². The summed E-state index contributed by atoms with van der Waals surface area (Å²) in [5, 5.41) is 8.78. The number of esters is 1. The van der Waals surface area contributed by atoms with Crippen LogP contribution < -0.4 is 9.47 Å². The van der Waals surface area contributed by atoms with E-state index in [9.17, 15) is 4.79 Å². The monoisotopic (exact) mass is 337 g/mol. The molecular formula is C15H19N3O4S. The van der Waals surface area contributed by atoms with Gasteiger partial charge in [-0.15, -0.1) is 10.2 Å². The normalized spacial score (nSPS) is 10.4. The molecule has 23 heavy (non-hydrogen) atoms. The quantitative estimate of drug-likeness (QED) is 0.539. The molecule has 0 bridgehead atoms. The SMILES string of the molecule is CCOC(=O)CSc1nnc(COc2ccc(OC)cc2)n1C.